The number of hydrogen-bond acceptors (Lipinski definition) is 1. The van der Waals surface area contributed by atoms with Gasteiger partial charge in [0.2, 0.25) is 0 Å². The first-order valence-electron chi connectivity index (χ1n) is 4.74. The molecule has 2 nitrogen and oxygen atoms in total. The molecule has 2 rings (SSSR count). The summed E-state index contributed by atoms with van der Waals surface area (Å²) in [5.74, 6) is 0. The molecule has 0 amide bonds. The van der Waals surface area contributed by atoms with Crippen molar-refractivity contribution in [2.24, 2.45) is 0 Å². The summed E-state index contributed by atoms with van der Waals surface area (Å²) in [5.41, 5.74) is 1.58. The van der Waals surface area contributed by atoms with E-state index in [0.717, 1.165) is 11.8 Å². The van der Waals surface area contributed by atoms with Crippen LogP contribution in [0.3, 0.4) is 0 Å². The molecular weight excluding hydrogens is 245 g/mol. The van der Waals surface area contributed by atoms with E-state index in [4.69, 9.17) is 23.2 Å². The molecule has 0 aliphatic heterocycles. The predicted molar refractivity (Wildman–Crippen MR) is 65.4 cm³/mol. The van der Waals surface area contributed by atoms with Crippen molar-refractivity contribution in [3.05, 3.63) is 57.8 Å². The Morgan fingerprint density at radius 2 is 2.06 bits per heavy atom. The summed E-state index contributed by atoms with van der Waals surface area (Å²) in [6, 6.07) is 7.27. The fourth-order valence-corrected chi connectivity index (χ4v) is 1.87. The Morgan fingerprint density at radius 3 is 2.75 bits per heavy atom. The van der Waals surface area contributed by atoms with Crippen molar-refractivity contribution in [1.29, 1.82) is 0 Å². The maximum Gasteiger partial charge on any atom is 0.151 e. The predicted octanol–water partition coefficient (Wildman–Crippen LogP) is 3.66. The average molecular weight is 254 g/mol. The van der Waals surface area contributed by atoms with Gasteiger partial charge in [-0.3, -0.25) is 4.79 Å². The van der Waals surface area contributed by atoms with Gasteiger partial charge < -0.3 is 4.57 Å². The summed E-state index contributed by atoms with van der Waals surface area (Å²) in [7, 11) is 0. The molecular formula is C12H9Cl2NO. The van der Waals surface area contributed by atoms with Gasteiger partial charge in [0.15, 0.2) is 6.29 Å². The maximum atomic E-state index is 10.5. The van der Waals surface area contributed by atoms with Crippen LogP contribution < -0.4 is 0 Å². The Morgan fingerprint density at radius 1 is 1.25 bits per heavy atom. The van der Waals surface area contributed by atoms with Gasteiger partial charge in [0.05, 0.1) is 10.0 Å². The van der Waals surface area contributed by atoms with Gasteiger partial charge in [0, 0.05) is 24.5 Å². The maximum absolute atomic E-state index is 10.5. The smallest absolute Gasteiger partial charge is 0.151 e. The minimum Gasteiger partial charge on any atom is -0.349 e. The van der Waals surface area contributed by atoms with Crippen molar-refractivity contribution in [2.45, 2.75) is 6.54 Å². The topological polar surface area (TPSA) is 22.0 Å². The second-order valence-corrected chi connectivity index (χ2v) is 4.23. The van der Waals surface area contributed by atoms with Gasteiger partial charge in [-0.15, -0.1) is 0 Å². The summed E-state index contributed by atoms with van der Waals surface area (Å²) >= 11 is 12.0. The Balaban J connectivity index is 2.26. The standard InChI is InChI=1S/C12H9Cl2NO/c13-11-3-1-2-10(12(11)14)7-15-5-4-9(6-15)8-16/h1-6,8H,7H2. The molecule has 0 radical (unpaired) electrons. The highest BCUT2D eigenvalue weighted by Crippen LogP contribution is 2.26. The van der Waals surface area contributed by atoms with Gasteiger partial charge >= 0.3 is 0 Å². The molecule has 0 spiro atoms. The lowest BCUT2D eigenvalue weighted by molar-refractivity contribution is 0.112. The number of carbonyl (C=O) groups excluding carboxylic acids is 1. The highest BCUT2D eigenvalue weighted by Gasteiger charge is 2.04. The van der Waals surface area contributed by atoms with Crippen molar-refractivity contribution in [3.63, 3.8) is 0 Å². The summed E-state index contributed by atoms with van der Waals surface area (Å²) < 4.78 is 1.89. The van der Waals surface area contributed by atoms with Crippen molar-refractivity contribution in [1.82, 2.24) is 4.57 Å². The number of halogens is 2. The largest absolute Gasteiger partial charge is 0.349 e. The lowest BCUT2D eigenvalue weighted by Gasteiger charge is -2.06. The van der Waals surface area contributed by atoms with Crippen molar-refractivity contribution >= 4 is 29.5 Å². The van der Waals surface area contributed by atoms with Gasteiger partial charge in [-0.25, -0.2) is 0 Å². The molecule has 16 heavy (non-hydrogen) atoms. The average Bonchev–Trinajstić information content (AvgIpc) is 2.73. The van der Waals surface area contributed by atoms with Crippen LogP contribution in [-0.4, -0.2) is 10.9 Å². The fourth-order valence-electron chi connectivity index (χ4n) is 1.49. The lowest BCUT2D eigenvalue weighted by Crippen LogP contribution is -1.97. The van der Waals surface area contributed by atoms with E-state index in [2.05, 4.69) is 0 Å². The Labute approximate surface area is 103 Å². The molecule has 0 bridgehead atoms. The molecule has 0 atom stereocenters. The zero-order valence-electron chi connectivity index (χ0n) is 8.36. The quantitative estimate of drug-likeness (QED) is 0.766. The zero-order valence-corrected chi connectivity index (χ0v) is 9.87. The molecule has 0 aliphatic rings. The Kier molecular flexibility index (Phi) is 3.32. The number of hydrogen-bond donors (Lipinski definition) is 0. The van der Waals surface area contributed by atoms with E-state index in [1.54, 1.807) is 18.3 Å². The molecule has 0 fully saturated rings. The normalized spacial score (nSPS) is 10.4. The first kappa shape index (κ1) is 11.2. The highest BCUT2D eigenvalue weighted by molar-refractivity contribution is 6.42. The van der Waals surface area contributed by atoms with Crippen LogP contribution in [0.1, 0.15) is 15.9 Å². The van der Waals surface area contributed by atoms with Crippen LogP contribution in [0.4, 0.5) is 0 Å². The Bertz CT molecular complexity index is 519. The molecule has 4 heteroatoms. The van der Waals surface area contributed by atoms with Gasteiger partial charge in [-0.05, 0) is 17.7 Å². The molecule has 0 saturated heterocycles. The van der Waals surface area contributed by atoms with Gasteiger partial charge in [-0.1, -0.05) is 35.3 Å². The van der Waals surface area contributed by atoms with Crippen molar-refractivity contribution in [2.75, 3.05) is 0 Å². The van der Waals surface area contributed by atoms with E-state index < -0.39 is 0 Å². The number of nitrogens with zero attached hydrogens (tertiary/aromatic N) is 1. The second kappa shape index (κ2) is 4.73. The molecule has 1 heterocycles. The van der Waals surface area contributed by atoms with Crippen LogP contribution >= 0.6 is 23.2 Å². The van der Waals surface area contributed by atoms with Gasteiger partial charge in [0.25, 0.3) is 0 Å². The minimum absolute atomic E-state index is 0.543. The van der Waals surface area contributed by atoms with E-state index in [-0.39, 0.29) is 0 Å². The molecule has 1 aromatic carbocycles. The minimum atomic E-state index is 0.543. The first-order chi connectivity index (χ1) is 7.70. The number of aldehydes is 1. The molecule has 0 unspecified atom stereocenters. The van der Waals surface area contributed by atoms with Crippen LogP contribution in [0.5, 0.6) is 0 Å². The van der Waals surface area contributed by atoms with Crippen LogP contribution in [0.25, 0.3) is 0 Å². The van der Waals surface area contributed by atoms with Crippen LogP contribution in [0.15, 0.2) is 36.7 Å². The Hall–Kier alpha value is -1.25. The van der Waals surface area contributed by atoms with Crippen molar-refractivity contribution in [3.8, 4) is 0 Å². The first-order valence-corrected chi connectivity index (χ1v) is 5.50. The van der Waals surface area contributed by atoms with Crippen LogP contribution in [0, 0.1) is 0 Å². The number of rotatable bonds is 3. The van der Waals surface area contributed by atoms with Crippen LogP contribution in [0.2, 0.25) is 10.0 Å². The highest BCUT2D eigenvalue weighted by atomic mass is 35.5. The van der Waals surface area contributed by atoms with Crippen LogP contribution in [-0.2, 0) is 6.54 Å². The number of aromatic nitrogens is 1. The van der Waals surface area contributed by atoms with Crippen molar-refractivity contribution < 1.29 is 4.79 Å². The molecule has 1 aromatic heterocycles. The van der Waals surface area contributed by atoms with E-state index >= 15 is 0 Å². The molecule has 2 aromatic rings. The summed E-state index contributed by atoms with van der Waals surface area (Å²) in [6.07, 6.45) is 4.42. The fraction of sp³-hybridized carbons (Fsp3) is 0.0833. The summed E-state index contributed by atoms with van der Waals surface area (Å²) in [5, 5.41) is 1.10. The van der Waals surface area contributed by atoms with E-state index in [1.165, 1.54) is 0 Å². The molecule has 0 aliphatic carbocycles. The van der Waals surface area contributed by atoms with E-state index in [1.807, 2.05) is 22.9 Å². The van der Waals surface area contributed by atoms with Gasteiger partial charge in [-0.2, -0.15) is 0 Å². The number of benzene rings is 1. The SMILES string of the molecule is O=Cc1ccn(Cc2cccc(Cl)c2Cl)c1. The van der Waals surface area contributed by atoms with E-state index in [9.17, 15) is 4.79 Å². The molecule has 82 valence electrons. The monoisotopic (exact) mass is 253 g/mol. The van der Waals surface area contributed by atoms with E-state index in [0.29, 0.717) is 22.2 Å². The lowest BCUT2D eigenvalue weighted by atomic mass is 10.2. The summed E-state index contributed by atoms with van der Waals surface area (Å²) in [6.45, 7) is 0.604. The molecule has 0 N–H and O–H groups in total. The number of carbonyl (C=O) groups is 1. The third kappa shape index (κ3) is 2.29. The van der Waals surface area contributed by atoms with Gasteiger partial charge in [0.1, 0.15) is 0 Å². The zero-order chi connectivity index (χ0) is 11.5. The third-order valence-electron chi connectivity index (χ3n) is 2.29. The molecule has 0 saturated carbocycles. The second-order valence-electron chi connectivity index (χ2n) is 3.45. The third-order valence-corrected chi connectivity index (χ3v) is 3.15. The summed E-state index contributed by atoms with van der Waals surface area (Å²) in [4.78, 5) is 10.5.